The predicted octanol–water partition coefficient (Wildman–Crippen LogP) is 2.76. The molecule has 0 saturated heterocycles. The Hall–Kier alpha value is -1.26. The first-order valence-corrected chi connectivity index (χ1v) is 7.77. The van der Waals surface area contributed by atoms with Crippen LogP contribution in [-0.4, -0.2) is 29.7 Å². The van der Waals surface area contributed by atoms with E-state index in [0.29, 0.717) is 6.54 Å². The quantitative estimate of drug-likeness (QED) is 0.672. The summed E-state index contributed by atoms with van der Waals surface area (Å²) in [6.45, 7) is 4.45. The van der Waals surface area contributed by atoms with Gasteiger partial charge in [-0.3, -0.25) is 4.79 Å². The summed E-state index contributed by atoms with van der Waals surface area (Å²) in [5.41, 5.74) is 0. The fourth-order valence-electron chi connectivity index (χ4n) is 2.88. The third-order valence-corrected chi connectivity index (χ3v) is 4.01. The van der Waals surface area contributed by atoms with Crippen LogP contribution in [0.3, 0.4) is 0 Å². The van der Waals surface area contributed by atoms with Crippen molar-refractivity contribution in [3.63, 3.8) is 0 Å². The van der Waals surface area contributed by atoms with E-state index in [9.17, 15) is 9.59 Å². The van der Waals surface area contributed by atoms with Crippen LogP contribution in [-0.2, 0) is 4.79 Å². The number of nitrogens with one attached hydrogen (secondary N) is 2. The summed E-state index contributed by atoms with van der Waals surface area (Å²) in [5, 5.41) is 14.4. The van der Waals surface area contributed by atoms with Crippen molar-refractivity contribution in [3.05, 3.63) is 0 Å². The van der Waals surface area contributed by atoms with Crippen LogP contribution >= 0.6 is 0 Å². The molecule has 0 aliphatic heterocycles. The first kappa shape index (κ1) is 16.8. The second-order valence-electron chi connectivity index (χ2n) is 6.06. The van der Waals surface area contributed by atoms with Crippen molar-refractivity contribution in [2.24, 2.45) is 11.8 Å². The van der Waals surface area contributed by atoms with Crippen molar-refractivity contribution in [2.75, 3.05) is 6.54 Å². The second-order valence-corrected chi connectivity index (χ2v) is 6.06. The third kappa shape index (κ3) is 6.78. The highest BCUT2D eigenvalue weighted by Gasteiger charge is 2.21. The van der Waals surface area contributed by atoms with E-state index in [4.69, 9.17) is 5.11 Å². The van der Waals surface area contributed by atoms with Crippen molar-refractivity contribution >= 4 is 12.0 Å². The molecule has 5 nitrogen and oxygen atoms in total. The van der Waals surface area contributed by atoms with Crippen LogP contribution in [0.4, 0.5) is 4.79 Å². The Balaban J connectivity index is 2.15. The molecule has 0 bridgehead atoms. The summed E-state index contributed by atoms with van der Waals surface area (Å²) in [6, 6.07) is 0.110. The molecule has 0 heterocycles. The molecule has 20 heavy (non-hydrogen) atoms. The highest BCUT2D eigenvalue weighted by Crippen LogP contribution is 2.27. The maximum absolute atomic E-state index is 11.7. The van der Waals surface area contributed by atoms with Gasteiger partial charge in [0.2, 0.25) is 0 Å². The number of carboxylic acid groups (broad SMARTS) is 1. The van der Waals surface area contributed by atoms with E-state index < -0.39 is 5.97 Å². The molecular weight excluding hydrogens is 256 g/mol. The molecule has 5 heteroatoms. The topological polar surface area (TPSA) is 78.4 Å². The van der Waals surface area contributed by atoms with Gasteiger partial charge in [-0.1, -0.05) is 26.7 Å². The van der Waals surface area contributed by atoms with Crippen molar-refractivity contribution in [2.45, 2.75) is 64.8 Å². The molecule has 1 saturated carbocycles. The molecule has 1 aliphatic carbocycles. The Bertz CT molecular complexity index is 312. The first-order valence-electron chi connectivity index (χ1n) is 7.77. The number of rotatable bonds is 7. The molecule has 3 N–H and O–H groups in total. The summed E-state index contributed by atoms with van der Waals surface area (Å²) in [7, 11) is 0. The molecule has 0 radical (unpaired) electrons. The number of urea groups is 1. The Morgan fingerprint density at radius 3 is 2.45 bits per heavy atom. The minimum absolute atomic E-state index is 0.0430. The summed E-state index contributed by atoms with van der Waals surface area (Å²) < 4.78 is 0. The van der Waals surface area contributed by atoms with E-state index in [-0.39, 0.29) is 24.4 Å². The maximum Gasteiger partial charge on any atom is 0.315 e. The number of carbonyl (C=O) groups is 2. The molecule has 0 aromatic rings. The number of amides is 2. The normalized spacial score (nSPS) is 23.9. The second kappa shape index (κ2) is 8.82. The fourth-order valence-corrected chi connectivity index (χ4v) is 2.88. The fraction of sp³-hybridized carbons (Fsp3) is 0.867. The zero-order chi connectivity index (χ0) is 15.0. The van der Waals surface area contributed by atoms with E-state index in [0.717, 1.165) is 18.8 Å². The van der Waals surface area contributed by atoms with Crippen molar-refractivity contribution in [1.82, 2.24) is 10.6 Å². The highest BCUT2D eigenvalue weighted by molar-refractivity contribution is 5.74. The first-order chi connectivity index (χ1) is 9.51. The molecule has 116 valence electrons. The Morgan fingerprint density at radius 2 is 1.90 bits per heavy atom. The van der Waals surface area contributed by atoms with Crippen molar-refractivity contribution < 1.29 is 14.7 Å². The SMILES string of the molecule is CCCC1CCC(NC(=O)NCC(C)CC(=O)O)CC1. The van der Waals surface area contributed by atoms with Gasteiger partial charge >= 0.3 is 12.0 Å². The summed E-state index contributed by atoms with van der Waals surface area (Å²) in [4.78, 5) is 22.3. The number of aliphatic carboxylic acids is 1. The number of hydrogen-bond acceptors (Lipinski definition) is 2. The van der Waals surface area contributed by atoms with Crippen LogP contribution in [0.25, 0.3) is 0 Å². The van der Waals surface area contributed by atoms with Crippen molar-refractivity contribution in [3.8, 4) is 0 Å². The minimum Gasteiger partial charge on any atom is -0.481 e. The van der Waals surface area contributed by atoms with Gasteiger partial charge in [-0.05, 0) is 37.5 Å². The van der Waals surface area contributed by atoms with Gasteiger partial charge in [0.05, 0.1) is 0 Å². The molecular formula is C15H28N2O3. The minimum atomic E-state index is -0.825. The zero-order valence-electron chi connectivity index (χ0n) is 12.7. The van der Waals surface area contributed by atoms with Gasteiger partial charge in [0, 0.05) is 19.0 Å². The number of carboxylic acids is 1. The van der Waals surface area contributed by atoms with E-state index in [2.05, 4.69) is 17.6 Å². The largest absolute Gasteiger partial charge is 0.481 e. The smallest absolute Gasteiger partial charge is 0.315 e. The standard InChI is InChI=1S/C15H28N2O3/c1-3-4-12-5-7-13(8-6-12)17-15(20)16-10-11(2)9-14(18)19/h11-13H,3-10H2,1-2H3,(H,18,19)(H2,16,17,20). The average molecular weight is 284 g/mol. The molecule has 2 amide bonds. The van der Waals surface area contributed by atoms with Gasteiger partial charge in [-0.15, -0.1) is 0 Å². The van der Waals surface area contributed by atoms with Crippen LogP contribution in [0.15, 0.2) is 0 Å². The van der Waals surface area contributed by atoms with Crippen LogP contribution in [0.2, 0.25) is 0 Å². The van der Waals surface area contributed by atoms with Crippen molar-refractivity contribution in [1.29, 1.82) is 0 Å². The lowest BCUT2D eigenvalue weighted by atomic mass is 9.83. The lowest BCUT2D eigenvalue weighted by molar-refractivity contribution is -0.137. The highest BCUT2D eigenvalue weighted by atomic mass is 16.4. The predicted molar refractivity (Wildman–Crippen MR) is 78.6 cm³/mol. The molecule has 0 spiro atoms. The van der Waals surface area contributed by atoms with Gasteiger partial charge in [-0.2, -0.15) is 0 Å². The van der Waals surface area contributed by atoms with Crippen LogP contribution in [0.5, 0.6) is 0 Å². The Labute approximate surface area is 121 Å². The van der Waals surface area contributed by atoms with Gasteiger partial charge in [0.1, 0.15) is 0 Å². The monoisotopic (exact) mass is 284 g/mol. The summed E-state index contributed by atoms with van der Waals surface area (Å²) in [6.07, 6.45) is 7.15. The van der Waals surface area contributed by atoms with E-state index in [1.807, 2.05) is 6.92 Å². The summed E-state index contributed by atoms with van der Waals surface area (Å²) >= 11 is 0. The van der Waals surface area contributed by atoms with Crippen LogP contribution in [0, 0.1) is 11.8 Å². The van der Waals surface area contributed by atoms with Gasteiger partial charge in [0.15, 0.2) is 0 Å². The lowest BCUT2D eigenvalue weighted by Gasteiger charge is -2.29. The maximum atomic E-state index is 11.7. The summed E-state index contributed by atoms with van der Waals surface area (Å²) in [5.74, 6) is -0.0378. The van der Waals surface area contributed by atoms with E-state index in [1.165, 1.54) is 25.7 Å². The van der Waals surface area contributed by atoms with E-state index in [1.54, 1.807) is 0 Å². The Kier molecular flexibility index (Phi) is 7.41. The molecule has 1 rings (SSSR count). The van der Waals surface area contributed by atoms with Crippen LogP contribution < -0.4 is 10.6 Å². The van der Waals surface area contributed by atoms with Crippen LogP contribution in [0.1, 0.15) is 58.8 Å². The zero-order valence-corrected chi connectivity index (χ0v) is 12.7. The molecule has 1 atom stereocenters. The third-order valence-electron chi connectivity index (χ3n) is 4.01. The molecule has 1 fully saturated rings. The molecule has 1 unspecified atom stereocenters. The molecule has 0 aromatic carbocycles. The van der Waals surface area contributed by atoms with Gasteiger partial charge in [0.25, 0.3) is 0 Å². The number of hydrogen-bond donors (Lipinski definition) is 3. The van der Waals surface area contributed by atoms with Gasteiger partial charge < -0.3 is 15.7 Å². The van der Waals surface area contributed by atoms with Gasteiger partial charge in [-0.25, -0.2) is 4.79 Å². The number of carbonyl (C=O) groups excluding carboxylic acids is 1. The molecule has 1 aliphatic rings. The lowest BCUT2D eigenvalue weighted by Crippen LogP contribution is -2.44. The average Bonchev–Trinajstić information content (AvgIpc) is 2.38. The van der Waals surface area contributed by atoms with E-state index >= 15 is 0 Å². The Morgan fingerprint density at radius 1 is 1.25 bits per heavy atom. The molecule has 0 aromatic heterocycles.